The quantitative estimate of drug-likeness (QED) is 0.617. The molecule has 1 heterocycles. The Bertz CT molecular complexity index is 985. The van der Waals surface area contributed by atoms with E-state index in [1.807, 2.05) is 0 Å². The van der Waals surface area contributed by atoms with E-state index in [4.69, 9.17) is 0 Å². The third-order valence-corrected chi connectivity index (χ3v) is 3.64. The van der Waals surface area contributed by atoms with Crippen LogP contribution in [0.1, 0.15) is 10.4 Å². The highest BCUT2D eigenvalue weighted by Gasteiger charge is 2.31. The number of halogens is 3. The van der Waals surface area contributed by atoms with Gasteiger partial charge >= 0.3 is 6.36 Å². The second kappa shape index (κ2) is 7.47. The minimum Gasteiger partial charge on any atom is -0.406 e. The van der Waals surface area contributed by atoms with Gasteiger partial charge in [-0.15, -0.1) is 23.2 Å². The van der Waals surface area contributed by atoms with Crippen LogP contribution in [0.2, 0.25) is 0 Å². The average molecular weight is 391 g/mol. The van der Waals surface area contributed by atoms with Crippen molar-refractivity contribution >= 4 is 17.5 Å². The summed E-state index contributed by atoms with van der Waals surface area (Å²) in [5.74, 6) is -0.695. The molecule has 2 aromatic carbocycles. The summed E-state index contributed by atoms with van der Waals surface area (Å²) < 4.78 is 41.7. The molecule has 0 saturated carbocycles. The molecular weight excluding hydrogens is 379 g/mol. The van der Waals surface area contributed by atoms with Crippen LogP contribution in [0.25, 0.3) is 5.69 Å². The Hall–Kier alpha value is -3.76. The van der Waals surface area contributed by atoms with Gasteiger partial charge in [-0.2, -0.15) is 4.98 Å². The molecule has 0 spiro atoms. The van der Waals surface area contributed by atoms with E-state index in [9.17, 15) is 22.9 Å². The molecule has 0 aliphatic heterocycles. The standard InChI is InChI=1S/C17H12F3N5O3/c1-24(15(26)11-2-4-12(23-27)5-3-11)16-21-10-25(22-16)13-6-8-14(9-7-13)28-17(18,19)20/h2-10H,1H3. The van der Waals surface area contributed by atoms with Crippen LogP contribution in [0.3, 0.4) is 0 Å². The number of carbonyl (C=O) groups excluding carboxylic acids is 1. The fourth-order valence-corrected chi connectivity index (χ4v) is 2.28. The zero-order valence-corrected chi connectivity index (χ0v) is 14.3. The fourth-order valence-electron chi connectivity index (χ4n) is 2.28. The van der Waals surface area contributed by atoms with Crippen molar-refractivity contribution in [3.05, 3.63) is 65.3 Å². The summed E-state index contributed by atoms with van der Waals surface area (Å²) in [5.41, 5.74) is 0.926. The highest BCUT2D eigenvalue weighted by atomic mass is 19.4. The average Bonchev–Trinajstić information content (AvgIpc) is 3.16. The summed E-state index contributed by atoms with van der Waals surface area (Å²) in [7, 11) is 1.47. The third-order valence-electron chi connectivity index (χ3n) is 3.64. The smallest absolute Gasteiger partial charge is 0.406 e. The lowest BCUT2D eigenvalue weighted by Crippen LogP contribution is -2.27. The van der Waals surface area contributed by atoms with Crippen LogP contribution in [-0.2, 0) is 0 Å². The molecule has 0 N–H and O–H groups in total. The topological polar surface area (TPSA) is 89.7 Å². The molecule has 0 aliphatic carbocycles. The zero-order valence-electron chi connectivity index (χ0n) is 14.3. The first-order valence-electron chi connectivity index (χ1n) is 7.76. The number of benzene rings is 2. The lowest BCUT2D eigenvalue weighted by atomic mass is 10.2. The van der Waals surface area contributed by atoms with Crippen LogP contribution in [0.5, 0.6) is 5.75 Å². The molecule has 0 saturated heterocycles. The summed E-state index contributed by atoms with van der Waals surface area (Å²) >= 11 is 0. The molecule has 0 atom stereocenters. The van der Waals surface area contributed by atoms with E-state index in [2.05, 4.69) is 20.0 Å². The first kappa shape index (κ1) is 19.0. The number of hydrogen-bond acceptors (Lipinski definition) is 6. The maximum Gasteiger partial charge on any atom is 0.573 e. The molecule has 3 aromatic rings. The van der Waals surface area contributed by atoms with E-state index in [0.29, 0.717) is 11.3 Å². The van der Waals surface area contributed by atoms with Gasteiger partial charge in [0.05, 0.1) is 5.69 Å². The van der Waals surface area contributed by atoms with Crippen molar-refractivity contribution in [2.45, 2.75) is 6.36 Å². The van der Waals surface area contributed by atoms with Crippen molar-refractivity contribution in [1.29, 1.82) is 0 Å². The normalized spacial score (nSPS) is 11.1. The van der Waals surface area contributed by atoms with Gasteiger partial charge in [0.1, 0.15) is 17.8 Å². The zero-order chi connectivity index (χ0) is 20.3. The van der Waals surface area contributed by atoms with E-state index < -0.39 is 12.3 Å². The molecule has 0 fully saturated rings. The molecule has 8 nitrogen and oxygen atoms in total. The number of ether oxygens (including phenoxy) is 1. The number of nitrogens with zero attached hydrogens (tertiary/aromatic N) is 5. The number of nitroso groups, excluding NO2 is 1. The van der Waals surface area contributed by atoms with Gasteiger partial charge in [-0.25, -0.2) is 4.68 Å². The van der Waals surface area contributed by atoms with Crippen molar-refractivity contribution < 1.29 is 22.7 Å². The second-order valence-electron chi connectivity index (χ2n) is 5.53. The molecule has 0 radical (unpaired) electrons. The van der Waals surface area contributed by atoms with Gasteiger partial charge in [0, 0.05) is 12.6 Å². The molecule has 11 heteroatoms. The van der Waals surface area contributed by atoms with Crippen LogP contribution in [0.15, 0.2) is 60.0 Å². The molecule has 0 bridgehead atoms. The lowest BCUT2D eigenvalue weighted by Gasteiger charge is -2.13. The molecule has 0 aliphatic rings. The van der Waals surface area contributed by atoms with Gasteiger partial charge < -0.3 is 4.74 Å². The summed E-state index contributed by atoms with van der Waals surface area (Å²) in [6.45, 7) is 0. The van der Waals surface area contributed by atoms with Crippen LogP contribution >= 0.6 is 0 Å². The van der Waals surface area contributed by atoms with Crippen molar-refractivity contribution in [1.82, 2.24) is 14.8 Å². The van der Waals surface area contributed by atoms with E-state index in [-0.39, 0.29) is 17.4 Å². The van der Waals surface area contributed by atoms with Crippen LogP contribution < -0.4 is 9.64 Å². The number of aromatic nitrogens is 3. The Morgan fingerprint density at radius 3 is 2.32 bits per heavy atom. The number of amides is 1. The minimum atomic E-state index is -4.77. The molecular formula is C17H12F3N5O3. The summed E-state index contributed by atoms with van der Waals surface area (Å²) in [4.78, 5) is 28.1. The third kappa shape index (κ3) is 4.31. The number of rotatable bonds is 5. The molecule has 3 rings (SSSR count). The minimum absolute atomic E-state index is 0.0817. The Labute approximate surface area is 156 Å². The molecule has 1 aromatic heterocycles. The maximum absolute atomic E-state index is 12.5. The molecule has 28 heavy (non-hydrogen) atoms. The predicted octanol–water partition coefficient (Wildman–Crippen LogP) is 3.84. The molecule has 0 unspecified atom stereocenters. The second-order valence-corrected chi connectivity index (χ2v) is 5.53. The van der Waals surface area contributed by atoms with E-state index in [1.165, 1.54) is 59.4 Å². The van der Waals surface area contributed by atoms with E-state index in [1.54, 1.807) is 0 Å². The van der Waals surface area contributed by atoms with Crippen molar-refractivity contribution in [2.24, 2.45) is 5.18 Å². The van der Waals surface area contributed by atoms with Crippen molar-refractivity contribution in [2.75, 3.05) is 11.9 Å². The number of anilines is 1. The number of alkyl halides is 3. The largest absolute Gasteiger partial charge is 0.573 e. The van der Waals surface area contributed by atoms with Crippen molar-refractivity contribution in [3.63, 3.8) is 0 Å². The Kier molecular flexibility index (Phi) is 5.07. The first-order chi connectivity index (χ1) is 13.3. The maximum atomic E-state index is 12.5. The Morgan fingerprint density at radius 2 is 1.75 bits per heavy atom. The van der Waals surface area contributed by atoms with Gasteiger partial charge in [-0.3, -0.25) is 9.69 Å². The summed E-state index contributed by atoms with van der Waals surface area (Å²) in [5, 5.41) is 6.91. The van der Waals surface area contributed by atoms with Gasteiger partial charge in [0.2, 0.25) is 0 Å². The van der Waals surface area contributed by atoms with Crippen LogP contribution in [-0.4, -0.2) is 34.1 Å². The van der Waals surface area contributed by atoms with Crippen LogP contribution in [0, 0.1) is 4.91 Å². The van der Waals surface area contributed by atoms with E-state index in [0.717, 1.165) is 12.1 Å². The number of hydrogen-bond donors (Lipinski definition) is 0. The van der Waals surface area contributed by atoms with Crippen LogP contribution in [0.4, 0.5) is 24.8 Å². The predicted molar refractivity (Wildman–Crippen MR) is 92.7 cm³/mol. The van der Waals surface area contributed by atoms with Gasteiger partial charge in [0.25, 0.3) is 11.9 Å². The first-order valence-corrected chi connectivity index (χ1v) is 7.76. The summed E-state index contributed by atoms with van der Waals surface area (Å²) in [6, 6.07) is 10.7. The van der Waals surface area contributed by atoms with Gasteiger partial charge in [-0.1, -0.05) is 0 Å². The Balaban J connectivity index is 1.75. The highest BCUT2D eigenvalue weighted by molar-refractivity contribution is 6.04. The van der Waals surface area contributed by atoms with Gasteiger partial charge in [-0.05, 0) is 53.7 Å². The monoisotopic (exact) mass is 391 g/mol. The number of carbonyl (C=O) groups is 1. The summed E-state index contributed by atoms with van der Waals surface area (Å²) in [6.07, 6.45) is -3.46. The van der Waals surface area contributed by atoms with Crippen molar-refractivity contribution in [3.8, 4) is 11.4 Å². The Morgan fingerprint density at radius 1 is 1.11 bits per heavy atom. The van der Waals surface area contributed by atoms with E-state index >= 15 is 0 Å². The lowest BCUT2D eigenvalue weighted by molar-refractivity contribution is -0.274. The SMILES string of the molecule is CN(C(=O)c1ccc(N=O)cc1)c1ncn(-c2ccc(OC(F)(F)F)cc2)n1. The fraction of sp³-hybridized carbons (Fsp3) is 0.118. The van der Waals surface area contributed by atoms with Gasteiger partial charge in [0.15, 0.2) is 0 Å². The molecule has 1 amide bonds. The molecule has 144 valence electrons. The highest BCUT2D eigenvalue weighted by Crippen LogP contribution is 2.24.